The SMILES string of the molecule is CC(C)CNCC1CCCN(CCCc2ccccc2)C1. The summed E-state index contributed by atoms with van der Waals surface area (Å²) in [6.07, 6.45) is 5.28. The molecular weight excluding hydrogens is 256 g/mol. The van der Waals surface area contributed by atoms with Crippen LogP contribution in [0.2, 0.25) is 0 Å². The molecule has 1 atom stereocenters. The van der Waals surface area contributed by atoms with E-state index in [-0.39, 0.29) is 0 Å². The third-order valence-electron chi connectivity index (χ3n) is 4.37. The summed E-state index contributed by atoms with van der Waals surface area (Å²) in [7, 11) is 0. The predicted molar refractivity (Wildman–Crippen MR) is 91.6 cm³/mol. The van der Waals surface area contributed by atoms with Gasteiger partial charge in [-0.2, -0.15) is 0 Å². The van der Waals surface area contributed by atoms with Crippen LogP contribution in [-0.2, 0) is 6.42 Å². The predicted octanol–water partition coefficient (Wildman–Crippen LogP) is 3.58. The van der Waals surface area contributed by atoms with Crippen LogP contribution in [0.1, 0.15) is 38.7 Å². The number of benzene rings is 1. The maximum absolute atomic E-state index is 3.63. The molecule has 1 aromatic rings. The molecule has 1 N–H and O–H groups in total. The average molecular weight is 288 g/mol. The second-order valence-electron chi connectivity index (χ2n) is 6.95. The summed E-state index contributed by atoms with van der Waals surface area (Å²) < 4.78 is 0. The van der Waals surface area contributed by atoms with Crippen molar-refractivity contribution in [2.24, 2.45) is 11.8 Å². The Bertz CT molecular complexity index is 374. The molecule has 0 amide bonds. The zero-order valence-corrected chi connectivity index (χ0v) is 13.9. The smallest absolute Gasteiger partial charge is 0.00218 e. The molecule has 2 nitrogen and oxygen atoms in total. The van der Waals surface area contributed by atoms with Crippen molar-refractivity contribution >= 4 is 0 Å². The van der Waals surface area contributed by atoms with Gasteiger partial charge in [0.25, 0.3) is 0 Å². The fraction of sp³-hybridized carbons (Fsp3) is 0.684. The van der Waals surface area contributed by atoms with Crippen LogP contribution in [0, 0.1) is 11.8 Å². The van der Waals surface area contributed by atoms with Gasteiger partial charge in [-0.15, -0.1) is 0 Å². The second kappa shape index (κ2) is 9.22. The first-order valence-electron chi connectivity index (χ1n) is 8.71. The number of nitrogens with zero attached hydrogens (tertiary/aromatic N) is 1. The van der Waals surface area contributed by atoms with Gasteiger partial charge in [-0.1, -0.05) is 44.2 Å². The van der Waals surface area contributed by atoms with E-state index in [0.717, 1.165) is 18.4 Å². The highest BCUT2D eigenvalue weighted by atomic mass is 15.1. The molecule has 2 heteroatoms. The summed E-state index contributed by atoms with van der Waals surface area (Å²) in [5, 5.41) is 3.63. The molecule has 1 heterocycles. The zero-order chi connectivity index (χ0) is 14.9. The zero-order valence-electron chi connectivity index (χ0n) is 13.9. The number of hydrogen-bond donors (Lipinski definition) is 1. The van der Waals surface area contributed by atoms with E-state index < -0.39 is 0 Å². The monoisotopic (exact) mass is 288 g/mol. The molecule has 0 aliphatic carbocycles. The molecule has 118 valence electrons. The Kier molecular flexibility index (Phi) is 7.25. The minimum atomic E-state index is 0.760. The Morgan fingerprint density at radius 1 is 1.24 bits per heavy atom. The van der Waals surface area contributed by atoms with Crippen LogP contribution >= 0.6 is 0 Å². The molecule has 0 saturated carbocycles. The van der Waals surface area contributed by atoms with Gasteiger partial charge >= 0.3 is 0 Å². The molecule has 1 fully saturated rings. The minimum absolute atomic E-state index is 0.760. The van der Waals surface area contributed by atoms with E-state index in [1.807, 2.05) is 0 Å². The highest BCUT2D eigenvalue weighted by Crippen LogP contribution is 2.16. The van der Waals surface area contributed by atoms with Gasteiger partial charge in [0.1, 0.15) is 0 Å². The summed E-state index contributed by atoms with van der Waals surface area (Å²) >= 11 is 0. The molecule has 0 bridgehead atoms. The summed E-state index contributed by atoms with van der Waals surface area (Å²) in [6, 6.07) is 10.9. The van der Waals surface area contributed by atoms with Crippen LogP contribution in [0.25, 0.3) is 0 Å². The van der Waals surface area contributed by atoms with Crippen LogP contribution in [0.15, 0.2) is 30.3 Å². The maximum Gasteiger partial charge on any atom is 0.00218 e. The molecule has 2 rings (SSSR count). The van der Waals surface area contributed by atoms with Crippen molar-refractivity contribution in [3.63, 3.8) is 0 Å². The molecular formula is C19H32N2. The fourth-order valence-corrected chi connectivity index (χ4v) is 3.25. The van der Waals surface area contributed by atoms with Gasteiger partial charge in [-0.3, -0.25) is 0 Å². The van der Waals surface area contributed by atoms with Crippen LogP contribution in [0.5, 0.6) is 0 Å². The lowest BCUT2D eigenvalue weighted by Gasteiger charge is -2.33. The summed E-state index contributed by atoms with van der Waals surface area (Å²) in [5.74, 6) is 1.62. The third kappa shape index (κ3) is 6.62. The first-order chi connectivity index (χ1) is 10.2. The topological polar surface area (TPSA) is 15.3 Å². The summed E-state index contributed by atoms with van der Waals surface area (Å²) in [6.45, 7) is 10.8. The standard InChI is InChI=1S/C19H32N2/c1-17(2)14-20-15-19-11-7-13-21(16-19)12-6-10-18-8-4-3-5-9-18/h3-5,8-9,17,19-20H,6-7,10-16H2,1-2H3. The fourth-order valence-electron chi connectivity index (χ4n) is 3.25. The Labute approximate surface area is 130 Å². The van der Waals surface area contributed by atoms with E-state index in [2.05, 4.69) is 54.4 Å². The van der Waals surface area contributed by atoms with Crippen molar-refractivity contribution in [1.29, 1.82) is 0 Å². The van der Waals surface area contributed by atoms with Gasteiger partial charge in [0.05, 0.1) is 0 Å². The second-order valence-corrected chi connectivity index (χ2v) is 6.95. The number of rotatable bonds is 8. The highest BCUT2D eigenvalue weighted by molar-refractivity contribution is 5.14. The Hall–Kier alpha value is -0.860. The lowest BCUT2D eigenvalue weighted by Crippen LogP contribution is -2.40. The molecule has 0 radical (unpaired) electrons. The first-order valence-corrected chi connectivity index (χ1v) is 8.71. The number of nitrogens with one attached hydrogen (secondary N) is 1. The van der Waals surface area contributed by atoms with Crippen molar-refractivity contribution in [1.82, 2.24) is 10.2 Å². The van der Waals surface area contributed by atoms with E-state index in [9.17, 15) is 0 Å². The van der Waals surface area contributed by atoms with Gasteiger partial charge in [0.15, 0.2) is 0 Å². The lowest BCUT2D eigenvalue weighted by atomic mass is 9.97. The van der Waals surface area contributed by atoms with Gasteiger partial charge < -0.3 is 10.2 Å². The number of aryl methyl sites for hydroxylation is 1. The molecule has 21 heavy (non-hydrogen) atoms. The molecule has 1 aromatic carbocycles. The van der Waals surface area contributed by atoms with E-state index in [4.69, 9.17) is 0 Å². The van der Waals surface area contributed by atoms with E-state index in [1.54, 1.807) is 0 Å². The normalized spacial score (nSPS) is 20.0. The third-order valence-corrected chi connectivity index (χ3v) is 4.37. The minimum Gasteiger partial charge on any atom is -0.316 e. The van der Waals surface area contributed by atoms with Gasteiger partial charge in [0, 0.05) is 6.54 Å². The first kappa shape index (κ1) is 16.5. The lowest BCUT2D eigenvalue weighted by molar-refractivity contribution is 0.170. The summed E-state index contributed by atoms with van der Waals surface area (Å²) in [5.41, 5.74) is 1.48. The van der Waals surface area contributed by atoms with Crippen LogP contribution in [0.4, 0.5) is 0 Å². The molecule has 0 aromatic heterocycles. The maximum atomic E-state index is 3.63. The molecule has 1 unspecified atom stereocenters. The van der Waals surface area contributed by atoms with Crippen molar-refractivity contribution < 1.29 is 0 Å². The quantitative estimate of drug-likeness (QED) is 0.786. The van der Waals surface area contributed by atoms with Crippen LogP contribution in [0.3, 0.4) is 0 Å². The van der Waals surface area contributed by atoms with Gasteiger partial charge in [-0.05, 0) is 69.3 Å². The van der Waals surface area contributed by atoms with E-state index >= 15 is 0 Å². The Morgan fingerprint density at radius 2 is 2.05 bits per heavy atom. The van der Waals surface area contributed by atoms with Gasteiger partial charge in [0.2, 0.25) is 0 Å². The highest BCUT2D eigenvalue weighted by Gasteiger charge is 2.19. The molecule has 0 spiro atoms. The Balaban J connectivity index is 1.62. The number of hydrogen-bond acceptors (Lipinski definition) is 2. The summed E-state index contributed by atoms with van der Waals surface area (Å²) in [4.78, 5) is 2.67. The van der Waals surface area contributed by atoms with Crippen molar-refractivity contribution in [2.45, 2.75) is 39.5 Å². The van der Waals surface area contributed by atoms with E-state index in [0.29, 0.717) is 0 Å². The van der Waals surface area contributed by atoms with Crippen LogP contribution < -0.4 is 5.32 Å². The molecule has 1 saturated heterocycles. The Morgan fingerprint density at radius 3 is 2.81 bits per heavy atom. The van der Waals surface area contributed by atoms with E-state index in [1.165, 1.54) is 57.4 Å². The number of likely N-dealkylation sites (tertiary alicyclic amines) is 1. The van der Waals surface area contributed by atoms with Crippen LogP contribution in [-0.4, -0.2) is 37.6 Å². The molecule has 1 aliphatic rings. The average Bonchev–Trinajstić information content (AvgIpc) is 2.48. The molecule has 1 aliphatic heterocycles. The van der Waals surface area contributed by atoms with Crippen molar-refractivity contribution in [3.8, 4) is 0 Å². The largest absolute Gasteiger partial charge is 0.316 e. The van der Waals surface area contributed by atoms with Crippen molar-refractivity contribution in [2.75, 3.05) is 32.7 Å². The van der Waals surface area contributed by atoms with Gasteiger partial charge in [-0.25, -0.2) is 0 Å². The number of piperidine rings is 1. The van der Waals surface area contributed by atoms with Crippen molar-refractivity contribution in [3.05, 3.63) is 35.9 Å².